The molecule has 0 atom stereocenters. The molecule has 0 bridgehead atoms. The van der Waals surface area contributed by atoms with E-state index in [9.17, 15) is 4.79 Å². The van der Waals surface area contributed by atoms with Gasteiger partial charge in [0.05, 0.1) is 11.3 Å². The SMILES string of the molecule is Cc1nn(C)c(Cl)c1C(=O)N(C)c1ccccc1C(C)(C)C. The molecule has 0 fully saturated rings. The molecule has 1 heterocycles. The number of para-hydroxylation sites is 1. The largest absolute Gasteiger partial charge is 0.311 e. The second-order valence-corrected chi connectivity index (χ2v) is 6.86. The summed E-state index contributed by atoms with van der Waals surface area (Å²) in [6, 6.07) is 7.94. The molecule has 1 aromatic carbocycles. The first-order chi connectivity index (χ1) is 10.1. The van der Waals surface area contributed by atoms with Gasteiger partial charge in [0.15, 0.2) is 0 Å². The summed E-state index contributed by atoms with van der Waals surface area (Å²) in [7, 11) is 3.50. The Morgan fingerprint density at radius 3 is 2.36 bits per heavy atom. The molecule has 22 heavy (non-hydrogen) atoms. The number of anilines is 1. The number of hydrogen-bond donors (Lipinski definition) is 0. The first-order valence-electron chi connectivity index (χ1n) is 7.21. The molecule has 0 spiro atoms. The van der Waals surface area contributed by atoms with Crippen molar-refractivity contribution in [2.24, 2.45) is 7.05 Å². The number of aryl methyl sites for hydroxylation is 2. The zero-order valence-electron chi connectivity index (χ0n) is 13.9. The Hall–Kier alpha value is -1.81. The Bertz CT molecular complexity index is 713. The van der Waals surface area contributed by atoms with Crippen LogP contribution in [0.4, 0.5) is 5.69 Å². The van der Waals surface area contributed by atoms with E-state index < -0.39 is 0 Å². The van der Waals surface area contributed by atoms with Crippen molar-refractivity contribution in [2.45, 2.75) is 33.1 Å². The summed E-state index contributed by atoms with van der Waals surface area (Å²) in [4.78, 5) is 14.5. The number of benzene rings is 1. The summed E-state index contributed by atoms with van der Waals surface area (Å²) in [6.45, 7) is 8.19. The average Bonchev–Trinajstić information content (AvgIpc) is 2.70. The van der Waals surface area contributed by atoms with E-state index in [-0.39, 0.29) is 11.3 Å². The maximum Gasteiger partial charge on any atom is 0.263 e. The van der Waals surface area contributed by atoms with Crippen LogP contribution in [0.15, 0.2) is 24.3 Å². The topological polar surface area (TPSA) is 38.1 Å². The minimum atomic E-state index is -0.146. The predicted molar refractivity (Wildman–Crippen MR) is 90.8 cm³/mol. The third-order valence-corrected chi connectivity index (χ3v) is 4.18. The van der Waals surface area contributed by atoms with Crippen molar-refractivity contribution in [1.29, 1.82) is 0 Å². The zero-order chi connectivity index (χ0) is 16.7. The molecule has 4 nitrogen and oxygen atoms in total. The fourth-order valence-corrected chi connectivity index (χ4v) is 2.81. The molecule has 0 N–H and O–H groups in total. The third-order valence-electron chi connectivity index (χ3n) is 3.74. The lowest BCUT2D eigenvalue weighted by atomic mass is 9.85. The normalized spacial score (nSPS) is 11.6. The number of hydrogen-bond acceptors (Lipinski definition) is 2. The molecule has 0 radical (unpaired) electrons. The number of carbonyl (C=O) groups excluding carboxylic acids is 1. The first kappa shape index (κ1) is 16.6. The van der Waals surface area contributed by atoms with Crippen molar-refractivity contribution in [3.63, 3.8) is 0 Å². The second kappa shape index (κ2) is 5.76. The lowest BCUT2D eigenvalue weighted by Gasteiger charge is -2.27. The molecular formula is C17H22ClN3O. The summed E-state index contributed by atoms with van der Waals surface area (Å²) in [6.07, 6.45) is 0. The Kier molecular flexibility index (Phi) is 4.34. The Labute approximate surface area is 136 Å². The quantitative estimate of drug-likeness (QED) is 0.840. The molecule has 2 rings (SSSR count). The molecule has 0 unspecified atom stereocenters. The van der Waals surface area contributed by atoms with Gasteiger partial charge in [0, 0.05) is 19.8 Å². The van der Waals surface area contributed by atoms with E-state index in [2.05, 4.69) is 31.9 Å². The maximum absolute atomic E-state index is 12.9. The van der Waals surface area contributed by atoms with Crippen LogP contribution in [0, 0.1) is 6.92 Å². The molecular weight excluding hydrogens is 298 g/mol. The predicted octanol–water partition coefficient (Wildman–Crippen LogP) is 3.96. The Balaban J connectivity index is 2.49. The lowest BCUT2D eigenvalue weighted by molar-refractivity contribution is 0.0992. The van der Waals surface area contributed by atoms with E-state index in [0.717, 1.165) is 11.3 Å². The number of amides is 1. The van der Waals surface area contributed by atoms with Crippen LogP contribution in [0.5, 0.6) is 0 Å². The van der Waals surface area contributed by atoms with Crippen LogP contribution < -0.4 is 4.90 Å². The average molecular weight is 320 g/mol. The number of halogens is 1. The van der Waals surface area contributed by atoms with E-state index >= 15 is 0 Å². The van der Waals surface area contributed by atoms with Gasteiger partial charge in [-0.15, -0.1) is 0 Å². The van der Waals surface area contributed by atoms with Crippen LogP contribution in [-0.2, 0) is 12.5 Å². The molecule has 0 aliphatic heterocycles. The fourth-order valence-electron chi connectivity index (χ4n) is 2.55. The number of aromatic nitrogens is 2. The van der Waals surface area contributed by atoms with Gasteiger partial charge in [-0.1, -0.05) is 50.6 Å². The third kappa shape index (κ3) is 2.88. The highest BCUT2D eigenvalue weighted by Crippen LogP contribution is 2.32. The minimum Gasteiger partial charge on any atom is -0.311 e. The van der Waals surface area contributed by atoms with Crippen LogP contribution >= 0.6 is 11.6 Å². The monoisotopic (exact) mass is 319 g/mol. The highest BCUT2D eigenvalue weighted by atomic mass is 35.5. The van der Waals surface area contributed by atoms with Crippen molar-refractivity contribution in [2.75, 3.05) is 11.9 Å². The smallest absolute Gasteiger partial charge is 0.263 e. The standard InChI is InChI=1S/C17H22ClN3O/c1-11-14(15(18)21(6)19-11)16(22)20(5)13-10-8-7-9-12(13)17(2,3)4/h7-10H,1-6H3. The molecule has 1 aromatic heterocycles. The summed E-state index contributed by atoms with van der Waals surface area (Å²) in [5, 5.41) is 4.58. The molecule has 0 saturated carbocycles. The van der Waals surface area contributed by atoms with E-state index in [1.807, 2.05) is 18.2 Å². The number of nitrogens with zero attached hydrogens (tertiary/aromatic N) is 3. The molecule has 5 heteroatoms. The van der Waals surface area contributed by atoms with Crippen molar-refractivity contribution >= 4 is 23.2 Å². The van der Waals surface area contributed by atoms with E-state index in [4.69, 9.17) is 11.6 Å². The van der Waals surface area contributed by atoms with Crippen LogP contribution in [0.2, 0.25) is 5.15 Å². The van der Waals surface area contributed by atoms with Crippen molar-refractivity contribution in [1.82, 2.24) is 9.78 Å². The van der Waals surface area contributed by atoms with Crippen molar-refractivity contribution in [3.05, 3.63) is 46.2 Å². The van der Waals surface area contributed by atoms with E-state index in [1.165, 1.54) is 4.68 Å². The van der Waals surface area contributed by atoms with Gasteiger partial charge >= 0.3 is 0 Å². The summed E-state index contributed by atoms with van der Waals surface area (Å²) in [5.74, 6) is -0.146. The lowest BCUT2D eigenvalue weighted by Crippen LogP contribution is -2.29. The van der Waals surface area contributed by atoms with Gasteiger partial charge < -0.3 is 4.90 Å². The number of carbonyl (C=O) groups is 1. The zero-order valence-corrected chi connectivity index (χ0v) is 14.7. The van der Waals surface area contributed by atoms with Gasteiger partial charge in [0.25, 0.3) is 5.91 Å². The first-order valence-corrected chi connectivity index (χ1v) is 7.59. The Morgan fingerprint density at radius 1 is 1.27 bits per heavy atom. The maximum atomic E-state index is 12.9. The van der Waals surface area contributed by atoms with Crippen LogP contribution in [0.1, 0.15) is 42.4 Å². The van der Waals surface area contributed by atoms with Gasteiger partial charge in [0.2, 0.25) is 0 Å². The number of rotatable bonds is 2. The van der Waals surface area contributed by atoms with Gasteiger partial charge in [0.1, 0.15) is 5.15 Å². The fraction of sp³-hybridized carbons (Fsp3) is 0.412. The summed E-state index contributed by atoms with van der Waals surface area (Å²) in [5.41, 5.74) is 3.04. The van der Waals surface area contributed by atoms with Gasteiger partial charge in [-0.25, -0.2) is 0 Å². The molecule has 0 saturated heterocycles. The van der Waals surface area contributed by atoms with Crippen molar-refractivity contribution in [3.8, 4) is 0 Å². The highest BCUT2D eigenvalue weighted by molar-refractivity contribution is 6.33. The van der Waals surface area contributed by atoms with E-state index in [0.29, 0.717) is 16.4 Å². The van der Waals surface area contributed by atoms with E-state index in [1.54, 1.807) is 25.9 Å². The summed E-state index contributed by atoms with van der Waals surface area (Å²) < 4.78 is 1.52. The van der Waals surface area contributed by atoms with Gasteiger partial charge in [-0.2, -0.15) is 5.10 Å². The van der Waals surface area contributed by atoms with Crippen LogP contribution in [0.25, 0.3) is 0 Å². The highest BCUT2D eigenvalue weighted by Gasteiger charge is 2.26. The van der Waals surface area contributed by atoms with Crippen LogP contribution in [0.3, 0.4) is 0 Å². The van der Waals surface area contributed by atoms with Crippen molar-refractivity contribution < 1.29 is 4.79 Å². The van der Waals surface area contributed by atoms with Gasteiger partial charge in [-0.05, 0) is 24.0 Å². The molecule has 1 amide bonds. The van der Waals surface area contributed by atoms with Gasteiger partial charge in [-0.3, -0.25) is 9.48 Å². The minimum absolute atomic E-state index is 0.0566. The molecule has 118 valence electrons. The molecule has 0 aliphatic carbocycles. The Morgan fingerprint density at radius 2 is 1.86 bits per heavy atom. The summed E-state index contributed by atoms with van der Waals surface area (Å²) >= 11 is 6.22. The molecule has 0 aliphatic rings. The van der Waals surface area contributed by atoms with Crippen LogP contribution in [-0.4, -0.2) is 22.7 Å². The second-order valence-electron chi connectivity index (χ2n) is 6.51. The molecule has 2 aromatic rings.